The normalized spacial score (nSPS) is 15.0. The summed E-state index contributed by atoms with van der Waals surface area (Å²) in [7, 11) is -3.51. The summed E-state index contributed by atoms with van der Waals surface area (Å²) < 4.78 is 40.6. The number of nitrogens with one attached hydrogen (secondary N) is 1. The number of nitrogens with zero attached hydrogens (tertiary/aromatic N) is 2. The number of carbonyl (C=O) groups is 1. The van der Waals surface area contributed by atoms with E-state index in [1.165, 1.54) is 16.4 Å². The van der Waals surface area contributed by atoms with E-state index in [2.05, 4.69) is 5.32 Å². The minimum Gasteiger partial charge on any atom is -0.323 e. The fraction of sp³-hybridized carbons (Fsp3) is 0.350. The summed E-state index contributed by atoms with van der Waals surface area (Å²) in [6.07, 6.45) is 3.08. The van der Waals surface area contributed by atoms with Crippen molar-refractivity contribution < 1.29 is 22.5 Å². The van der Waals surface area contributed by atoms with Gasteiger partial charge in [0.1, 0.15) is 5.82 Å². The summed E-state index contributed by atoms with van der Waals surface area (Å²) in [5.74, 6) is -1.26. The van der Waals surface area contributed by atoms with E-state index in [4.69, 9.17) is 0 Å². The van der Waals surface area contributed by atoms with Gasteiger partial charge < -0.3 is 5.32 Å². The molecule has 8 nitrogen and oxygen atoms in total. The molecule has 30 heavy (non-hydrogen) atoms. The number of carbonyl (C=O) groups excluding carboxylic acids is 1. The predicted molar refractivity (Wildman–Crippen MR) is 109 cm³/mol. The Labute approximate surface area is 173 Å². The molecule has 3 rings (SSSR count). The first-order valence-corrected chi connectivity index (χ1v) is 11.0. The van der Waals surface area contributed by atoms with Crippen molar-refractivity contribution in [1.82, 2.24) is 4.31 Å². The second kappa shape index (κ2) is 9.31. The van der Waals surface area contributed by atoms with Crippen LogP contribution in [0.1, 0.15) is 31.2 Å². The van der Waals surface area contributed by atoms with Crippen LogP contribution in [0.4, 0.5) is 15.8 Å². The highest BCUT2D eigenvalue weighted by Gasteiger charge is 2.25. The number of amides is 1. The van der Waals surface area contributed by atoms with E-state index in [0.717, 1.165) is 43.0 Å². The quantitative estimate of drug-likeness (QED) is 0.529. The molecule has 160 valence electrons. The minimum absolute atomic E-state index is 0.0142. The van der Waals surface area contributed by atoms with Crippen molar-refractivity contribution in [3.8, 4) is 0 Å². The highest BCUT2D eigenvalue weighted by atomic mass is 32.2. The van der Waals surface area contributed by atoms with E-state index in [0.29, 0.717) is 19.5 Å². The molecule has 1 fully saturated rings. The van der Waals surface area contributed by atoms with Gasteiger partial charge in [-0.2, -0.15) is 4.31 Å². The first-order chi connectivity index (χ1) is 14.3. The molecule has 1 N–H and O–H groups in total. The average Bonchev–Trinajstić information content (AvgIpc) is 2.74. The van der Waals surface area contributed by atoms with Gasteiger partial charge in [0.2, 0.25) is 15.9 Å². The molecule has 0 aliphatic carbocycles. The largest absolute Gasteiger partial charge is 0.323 e. The van der Waals surface area contributed by atoms with Crippen molar-refractivity contribution >= 4 is 27.3 Å². The first-order valence-electron chi connectivity index (χ1n) is 9.60. The number of halogens is 1. The third-order valence-corrected chi connectivity index (χ3v) is 6.86. The first kappa shape index (κ1) is 21.8. The van der Waals surface area contributed by atoms with Gasteiger partial charge in [0.25, 0.3) is 5.69 Å². The van der Waals surface area contributed by atoms with E-state index in [1.54, 1.807) is 12.1 Å². The summed E-state index contributed by atoms with van der Waals surface area (Å²) in [6, 6.07) is 9.26. The molecule has 2 aromatic rings. The van der Waals surface area contributed by atoms with Gasteiger partial charge in [-0.25, -0.2) is 12.8 Å². The van der Waals surface area contributed by atoms with Crippen LogP contribution in [0, 0.1) is 15.9 Å². The molecule has 1 aliphatic rings. The summed E-state index contributed by atoms with van der Waals surface area (Å²) in [5, 5.41) is 13.1. The summed E-state index contributed by atoms with van der Waals surface area (Å²) in [6.45, 7) is 1.05. The zero-order valence-electron chi connectivity index (χ0n) is 16.2. The van der Waals surface area contributed by atoms with Gasteiger partial charge in [0, 0.05) is 31.6 Å². The second-order valence-electron chi connectivity index (χ2n) is 7.08. The summed E-state index contributed by atoms with van der Waals surface area (Å²) in [4.78, 5) is 22.4. The Morgan fingerprint density at radius 1 is 1.10 bits per heavy atom. The van der Waals surface area contributed by atoms with Crippen molar-refractivity contribution in [2.75, 3.05) is 18.4 Å². The smallest absolute Gasteiger partial charge is 0.271 e. The van der Waals surface area contributed by atoms with E-state index >= 15 is 0 Å². The number of hydrogen-bond acceptors (Lipinski definition) is 5. The number of nitro groups is 1. The third kappa shape index (κ3) is 5.19. The molecule has 0 saturated carbocycles. The molecule has 0 atom stereocenters. The van der Waals surface area contributed by atoms with Crippen molar-refractivity contribution in [2.24, 2.45) is 0 Å². The van der Waals surface area contributed by atoms with Crippen LogP contribution in [0.3, 0.4) is 0 Å². The molecule has 1 saturated heterocycles. The fourth-order valence-electron chi connectivity index (χ4n) is 3.28. The number of benzene rings is 2. The van der Waals surface area contributed by atoms with E-state index < -0.39 is 26.7 Å². The monoisotopic (exact) mass is 435 g/mol. The minimum atomic E-state index is -3.51. The lowest BCUT2D eigenvalue weighted by atomic mass is 10.1. The van der Waals surface area contributed by atoms with Gasteiger partial charge in [-0.05, 0) is 43.0 Å². The number of hydrogen-bond donors (Lipinski definition) is 1. The van der Waals surface area contributed by atoms with Gasteiger partial charge in [-0.15, -0.1) is 0 Å². The molecule has 0 bridgehead atoms. The molecule has 0 radical (unpaired) electrons. The van der Waals surface area contributed by atoms with Crippen molar-refractivity contribution in [3.05, 3.63) is 64.0 Å². The van der Waals surface area contributed by atoms with Crippen molar-refractivity contribution in [2.45, 2.75) is 37.0 Å². The summed E-state index contributed by atoms with van der Waals surface area (Å²) in [5.41, 5.74) is 0.177. The number of nitro benzene ring substituents is 1. The zero-order chi connectivity index (χ0) is 21.7. The van der Waals surface area contributed by atoms with Crippen LogP contribution in [0.15, 0.2) is 47.4 Å². The van der Waals surface area contributed by atoms with Crippen LogP contribution in [-0.2, 0) is 21.2 Å². The number of anilines is 1. The maximum absolute atomic E-state index is 13.8. The van der Waals surface area contributed by atoms with Crippen molar-refractivity contribution in [3.63, 3.8) is 0 Å². The Hall–Kier alpha value is -2.85. The number of rotatable bonds is 7. The van der Waals surface area contributed by atoms with Crippen LogP contribution >= 0.6 is 0 Å². The van der Waals surface area contributed by atoms with Crippen molar-refractivity contribution in [1.29, 1.82) is 0 Å². The van der Waals surface area contributed by atoms with Gasteiger partial charge in [0.15, 0.2) is 0 Å². The number of piperidine rings is 1. The maximum Gasteiger partial charge on any atom is 0.271 e. The summed E-state index contributed by atoms with van der Waals surface area (Å²) >= 11 is 0. The average molecular weight is 435 g/mol. The van der Waals surface area contributed by atoms with E-state index in [-0.39, 0.29) is 22.7 Å². The molecule has 10 heteroatoms. The third-order valence-electron chi connectivity index (χ3n) is 4.95. The highest BCUT2D eigenvalue weighted by molar-refractivity contribution is 7.89. The predicted octanol–water partition coefficient (Wildman–Crippen LogP) is 3.48. The second-order valence-corrected chi connectivity index (χ2v) is 9.02. The van der Waals surface area contributed by atoms with Gasteiger partial charge in [-0.1, -0.05) is 18.6 Å². The Balaban J connectivity index is 1.59. The molecule has 1 heterocycles. The van der Waals surface area contributed by atoms with Crippen LogP contribution in [0.5, 0.6) is 0 Å². The zero-order valence-corrected chi connectivity index (χ0v) is 17.0. The Morgan fingerprint density at radius 3 is 2.40 bits per heavy atom. The SMILES string of the molecule is O=C(CCc1ccc(S(=O)(=O)N2CCCCC2)cc1)Nc1cc([N+](=O)[O-])ccc1F. The molecule has 0 aromatic heterocycles. The Kier molecular flexibility index (Phi) is 6.78. The Morgan fingerprint density at radius 2 is 1.77 bits per heavy atom. The molecule has 2 aromatic carbocycles. The lowest BCUT2D eigenvalue weighted by Crippen LogP contribution is -2.35. The molecular formula is C20H22FN3O5S. The van der Waals surface area contributed by atoms with Gasteiger partial charge in [-0.3, -0.25) is 14.9 Å². The molecule has 1 aliphatic heterocycles. The molecule has 1 amide bonds. The molecule has 0 spiro atoms. The standard InChI is InChI=1S/C20H22FN3O5S/c21-18-10-7-16(24(26)27)14-19(18)22-20(25)11-6-15-4-8-17(9-5-15)30(28,29)23-12-2-1-3-13-23/h4-5,7-10,14H,1-3,6,11-13H2,(H,22,25). The maximum atomic E-state index is 13.8. The number of sulfonamides is 1. The highest BCUT2D eigenvalue weighted by Crippen LogP contribution is 2.23. The van der Waals surface area contributed by atoms with Crippen LogP contribution in [-0.4, -0.2) is 36.6 Å². The topological polar surface area (TPSA) is 110 Å². The molecular weight excluding hydrogens is 413 g/mol. The van der Waals surface area contributed by atoms with Crippen LogP contribution < -0.4 is 5.32 Å². The van der Waals surface area contributed by atoms with Gasteiger partial charge >= 0.3 is 0 Å². The van der Waals surface area contributed by atoms with Gasteiger partial charge in [0.05, 0.1) is 15.5 Å². The fourth-order valence-corrected chi connectivity index (χ4v) is 4.79. The lowest BCUT2D eigenvalue weighted by molar-refractivity contribution is -0.384. The molecule has 0 unspecified atom stereocenters. The Bertz CT molecular complexity index is 1030. The van der Waals surface area contributed by atoms with E-state index in [9.17, 15) is 27.7 Å². The number of aryl methyl sites for hydroxylation is 1. The number of non-ortho nitro benzene ring substituents is 1. The lowest BCUT2D eigenvalue weighted by Gasteiger charge is -2.25. The van der Waals surface area contributed by atoms with E-state index in [1.807, 2.05) is 0 Å². The van der Waals surface area contributed by atoms with Crippen LogP contribution in [0.25, 0.3) is 0 Å². The van der Waals surface area contributed by atoms with Crippen LogP contribution in [0.2, 0.25) is 0 Å².